The summed E-state index contributed by atoms with van der Waals surface area (Å²) in [5.41, 5.74) is 0. The van der Waals surface area contributed by atoms with E-state index in [1.54, 1.807) is 0 Å². The van der Waals surface area contributed by atoms with Crippen LogP contribution in [0.1, 0.15) is 51.4 Å². The molecule has 15 heavy (non-hydrogen) atoms. The Morgan fingerprint density at radius 3 is 2.33 bits per heavy atom. The van der Waals surface area contributed by atoms with Crippen LogP contribution in [0.3, 0.4) is 0 Å². The van der Waals surface area contributed by atoms with E-state index in [-0.39, 0.29) is 0 Å². The molecule has 2 fully saturated rings. The van der Waals surface area contributed by atoms with Crippen molar-refractivity contribution in [1.29, 1.82) is 0 Å². The number of rotatable bonds is 6. The summed E-state index contributed by atoms with van der Waals surface area (Å²) >= 11 is 2.17. The van der Waals surface area contributed by atoms with Crippen LogP contribution in [0.5, 0.6) is 0 Å². The molecule has 0 atom stereocenters. The van der Waals surface area contributed by atoms with Crippen molar-refractivity contribution in [2.45, 2.75) is 57.4 Å². The Labute approximate surface area is 98.8 Å². The quantitative estimate of drug-likeness (QED) is 0.698. The van der Waals surface area contributed by atoms with E-state index in [2.05, 4.69) is 17.1 Å². The summed E-state index contributed by atoms with van der Waals surface area (Å²) in [7, 11) is 0. The molecule has 0 radical (unpaired) electrons. The molecule has 1 N–H and O–H groups in total. The topological polar surface area (TPSA) is 12.0 Å². The first-order valence-corrected chi connectivity index (χ1v) is 7.92. The average Bonchev–Trinajstić information content (AvgIpc) is 2.88. The van der Waals surface area contributed by atoms with Gasteiger partial charge < -0.3 is 5.32 Å². The van der Waals surface area contributed by atoms with Crippen LogP contribution >= 0.6 is 11.8 Å². The summed E-state index contributed by atoms with van der Waals surface area (Å²) in [5, 5.41) is 3.69. The van der Waals surface area contributed by atoms with Crippen molar-refractivity contribution < 1.29 is 0 Å². The Kier molecular flexibility index (Phi) is 5.34. The van der Waals surface area contributed by atoms with Gasteiger partial charge >= 0.3 is 0 Å². The average molecular weight is 227 g/mol. The summed E-state index contributed by atoms with van der Waals surface area (Å²) in [4.78, 5) is 0. The zero-order valence-electron chi connectivity index (χ0n) is 9.84. The number of nitrogens with one attached hydrogen (secondary N) is 1. The molecule has 2 aliphatic carbocycles. The zero-order chi connectivity index (χ0) is 10.3. The van der Waals surface area contributed by atoms with Gasteiger partial charge in [-0.3, -0.25) is 0 Å². The van der Waals surface area contributed by atoms with Crippen LogP contribution < -0.4 is 5.32 Å². The molecule has 1 nitrogen and oxygen atoms in total. The van der Waals surface area contributed by atoms with E-state index in [9.17, 15) is 0 Å². The second-order valence-corrected chi connectivity index (χ2v) is 6.31. The smallest absolute Gasteiger partial charge is 0.00673 e. The van der Waals surface area contributed by atoms with Crippen LogP contribution in [-0.2, 0) is 0 Å². The largest absolute Gasteiger partial charge is 0.313 e. The minimum atomic E-state index is 0.858. The molecule has 88 valence electrons. The first-order chi connectivity index (χ1) is 7.45. The van der Waals surface area contributed by atoms with E-state index in [0.29, 0.717) is 0 Å². The summed E-state index contributed by atoms with van der Waals surface area (Å²) < 4.78 is 0. The molecule has 0 amide bonds. The van der Waals surface area contributed by atoms with Gasteiger partial charge in [0.2, 0.25) is 0 Å². The van der Waals surface area contributed by atoms with Gasteiger partial charge in [-0.25, -0.2) is 0 Å². The summed E-state index contributed by atoms with van der Waals surface area (Å²) in [6.45, 7) is 1.24. The minimum Gasteiger partial charge on any atom is -0.313 e. The second kappa shape index (κ2) is 6.80. The highest BCUT2D eigenvalue weighted by atomic mass is 32.2. The molecular formula is C13H25NS. The molecule has 0 aromatic rings. The molecule has 0 aromatic heterocycles. The third-order valence-corrected chi connectivity index (χ3v) is 5.06. The van der Waals surface area contributed by atoms with Gasteiger partial charge in [0.05, 0.1) is 0 Å². The Morgan fingerprint density at radius 2 is 1.60 bits per heavy atom. The molecule has 0 bridgehead atoms. The molecule has 0 unspecified atom stereocenters. The lowest BCUT2D eigenvalue weighted by Gasteiger charge is -2.12. The number of hydrogen-bond donors (Lipinski definition) is 1. The SMILES string of the molecule is C1CCC(CSCCNC2CCCC2)C1. The summed E-state index contributed by atoms with van der Waals surface area (Å²) in [5.74, 6) is 3.81. The van der Waals surface area contributed by atoms with E-state index >= 15 is 0 Å². The second-order valence-electron chi connectivity index (χ2n) is 5.16. The van der Waals surface area contributed by atoms with Crippen molar-refractivity contribution in [1.82, 2.24) is 5.32 Å². The molecule has 0 spiro atoms. The van der Waals surface area contributed by atoms with Crippen molar-refractivity contribution in [2.24, 2.45) is 5.92 Å². The van der Waals surface area contributed by atoms with E-state index < -0.39 is 0 Å². The Morgan fingerprint density at radius 1 is 0.933 bits per heavy atom. The monoisotopic (exact) mass is 227 g/mol. The molecule has 0 aromatic carbocycles. The van der Waals surface area contributed by atoms with E-state index in [1.165, 1.54) is 69.4 Å². The Balaban J connectivity index is 1.41. The Bertz CT molecular complexity index is 142. The minimum absolute atomic E-state index is 0.858. The summed E-state index contributed by atoms with van der Waals surface area (Å²) in [6.07, 6.45) is 11.7. The van der Waals surface area contributed by atoms with E-state index in [4.69, 9.17) is 0 Å². The third kappa shape index (κ3) is 4.36. The van der Waals surface area contributed by atoms with Crippen molar-refractivity contribution in [3.8, 4) is 0 Å². The standard InChI is InChI=1S/C13H25NS/c1-2-6-12(5-1)11-15-10-9-14-13-7-3-4-8-13/h12-14H,1-11H2. The number of hydrogen-bond acceptors (Lipinski definition) is 2. The van der Waals surface area contributed by atoms with Crippen LogP contribution in [-0.4, -0.2) is 24.1 Å². The number of thioether (sulfide) groups is 1. The molecule has 2 heteroatoms. The van der Waals surface area contributed by atoms with Gasteiger partial charge in [0.1, 0.15) is 0 Å². The van der Waals surface area contributed by atoms with Crippen LogP contribution in [0.4, 0.5) is 0 Å². The van der Waals surface area contributed by atoms with Crippen molar-refractivity contribution in [2.75, 3.05) is 18.1 Å². The third-order valence-electron chi connectivity index (χ3n) is 3.86. The van der Waals surface area contributed by atoms with Crippen LogP contribution in [0.2, 0.25) is 0 Å². The van der Waals surface area contributed by atoms with E-state index in [1.807, 2.05) is 0 Å². The molecule has 0 aliphatic heterocycles. The maximum absolute atomic E-state index is 3.69. The molecule has 2 rings (SSSR count). The maximum Gasteiger partial charge on any atom is 0.00673 e. The van der Waals surface area contributed by atoms with Gasteiger partial charge in [-0.05, 0) is 37.4 Å². The Hall–Kier alpha value is 0.310. The summed E-state index contributed by atoms with van der Waals surface area (Å²) in [6, 6.07) is 0.858. The fourth-order valence-corrected chi connectivity index (χ4v) is 3.99. The van der Waals surface area contributed by atoms with Gasteiger partial charge in [-0.2, -0.15) is 11.8 Å². The first-order valence-electron chi connectivity index (χ1n) is 6.76. The fraction of sp³-hybridized carbons (Fsp3) is 1.00. The lowest BCUT2D eigenvalue weighted by molar-refractivity contribution is 0.544. The predicted molar refractivity (Wildman–Crippen MR) is 69.5 cm³/mol. The van der Waals surface area contributed by atoms with Crippen molar-refractivity contribution in [3.05, 3.63) is 0 Å². The predicted octanol–water partition coefficient (Wildman–Crippen LogP) is 3.44. The highest BCUT2D eigenvalue weighted by Gasteiger charge is 2.15. The van der Waals surface area contributed by atoms with E-state index in [0.717, 1.165) is 12.0 Å². The molecular weight excluding hydrogens is 202 g/mol. The van der Waals surface area contributed by atoms with Gasteiger partial charge in [-0.15, -0.1) is 0 Å². The highest BCUT2D eigenvalue weighted by Crippen LogP contribution is 2.27. The lowest BCUT2D eigenvalue weighted by atomic mass is 10.1. The van der Waals surface area contributed by atoms with Gasteiger partial charge in [0.25, 0.3) is 0 Å². The van der Waals surface area contributed by atoms with Crippen LogP contribution in [0.25, 0.3) is 0 Å². The van der Waals surface area contributed by atoms with Gasteiger partial charge in [-0.1, -0.05) is 25.7 Å². The molecule has 0 heterocycles. The molecule has 2 aliphatic rings. The normalized spacial score (nSPS) is 24.0. The first kappa shape index (κ1) is 11.8. The van der Waals surface area contributed by atoms with Gasteiger partial charge in [0.15, 0.2) is 0 Å². The fourth-order valence-electron chi connectivity index (χ4n) is 2.89. The van der Waals surface area contributed by atoms with Crippen molar-refractivity contribution >= 4 is 11.8 Å². The highest BCUT2D eigenvalue weighted by molar-refractivity contribution is 7.99. The lowest BCUT2D eigenvalue weighted by Crippen LogP contribution is -2.28. The molecule has 0 saturated heterocycles. The van der Waals surface area contributed by atoms with Crippen LogP contribution in [0.15, 0.2) is 0 Å². The zero-order valence-corrected chi connectivity index (χ0v) is 10.7. The molecule has 2 saturated carbocycles. The van der Waals surface area contributed by atoms with Crippen molar-refractivity contribution in [3.63, 3.8) is 0 Å². The van der Waals surface area contributed by atoms with Gasteiger partial charge in [0, 0.05) is 18.3 Å². The maximum atomic E-state index is 3.69. The van der Waals surface area contributed by atoms with Crippen LogP contribution in [0, 0.1) is 5.92 Å².